The fraction of sp³-hybridized carbons (Fsp3) is 0.706. The molecule has 1 rings (SSSR count). The van der Waals surface area contributed by atoms with Gasteiger partial charge in [0.25, 0.3) is 0 Å². The third kappa shape index (κ3) is 7.66. The monoisotopic (exact) mass is 425 g/mol. The fourth-order valence-electron chi connectivity index (χ4n) is 2.54. The second-order valence-corrected chi connectivity index (χ2v) is 5.57. The summed E-state index contributed by atoms with van der Waals surface area (Å²) in [5.41, 5.74) is 0. The summed E-state index contributed by atoms with van der Waals surface area (Å²) >= 11 is 0. The molecular weight excluding hydrogens is 396 g/mol. The molecule has 0 aromatic heterocycles. The van der Waals surface area contributed by atoms with Gasteiger partial charge in [0.15, 0.2) is 30.7 Å². The van der Waals surface area contributed by atoms with Crippen molar-refractivity contribution in [1.29, 1.82) is 0 Å². The molecule has 0 saturated carbocycles. The van der Waals surface area contributed by atoms with E-state index in [0.29, 0.717) is 0 Å². The fourth-order valence-corrected chi connectivity index (χ4v) is 2.54. The predicted molar refractivity (Wildman–Crippen MR) is 89.7 cm³/mol. The lowest BCUT2D eigenvalue weighted by Gasteiger charge is -2.44. The molecule has 0 aromatic carbocycles. The van der Waals surface area contributed by atoms with Gasteiger partial charge < -0.3 is 33.5 Å². The molecule has 1 aliphatic rings. The maximum absolute atomic E-state index is 11.9. The minimum atomic E-state index is -2.11. The molecule has 0 radical (unpaired) electrons. The largest absolute Gasteiger partial charge is 0.462 e. The summed E-state index contributed by atoms with van der Waals surface area (Å²) in [6.07, 6.45) is -11.1. The number of ether oxygens (including phenoxy) is 6. The average molecular weight is 425 g/mol. The summed E-state index contributed by atoms with van der Waals surface area (Å²) in [4.78, 5) is 58.6. The summed E-state index contributed by atoms with van der Waals surface area (Å²) in [5, 5.41) is 10.4. The number of carbonyl (C=O) groups is 5. The molecule has 0 aliphatic carbocycles. The maximum atomic E-state index is 11.9. The van der Waals surface area contributed by atoms with E-state index >= 15 is 0 Å². The van der Waals surface area contributed by atoms with Crippen LogP contribution < -0.4 is 0 Å². The number of esters is 5. The lowest BCUT2D eigenvalue weighted by Crippen LogP contribution is -2.64. The van der Waals surface area contributed by atoms with Gasteiger partial charge in [0.05, 0.1) is 0 Å². The van der Waals surface area contributed by atoms with Crippen molar-refractivity contribution in [1.82, 2.24) is 0 Å². The predicted octanol–water partition coefficient (Wildman–Crippen LogP) is -1.01. The molecule has 164 valence electrons. The van der Waals surface area contributed by atoms with Gasteiger partial charge in [0.1, 0.15) is 12.7 Å². The van der Waals surface area contributed by atoms with Gasteiger partial charge in [-0.1, -0.05) is 0 Å². The Morgan fingerprint density at radius 2 is 1.34 bits per heavy atom. The zero-order chi connectivity index (χ0) is 25.8. The van der Waals surface area contributed by atoms with Crippen LogP contribution in [0, 0.1) is 0 Å². The van der Waals surface area contributed by atoms with Crippen LogP contribution in [0.4, 0.5) is 0 Å². The normalized spacial score (nSPS) is 29.4. The lowest BCUT2D eigenvalue weighted by molar-refractivity contribution is -0.306. The highest BCUT2D eigenvalue weighted by molar-refractivity contribution is 5.69. The van der Waals surface area contributed by atoms with Crippen LogP contribution in [0.3, 0.4) is 0 Å². The van der Waals surface area contributed by atoms with E-state index in [9.17, 15) is 29.1 Å². The highest BCUT2D eigenvalue weighted by Crippen LogP contribution is 2.30. The van der Waals surface area contributed by atoms with Crippen molar-refractivity contribution in [2.75, 3.05) is 6.61 Å². The maximum Gasteiger partial charge on any atom is 0.303 e. The van der Waals surface area contributed by atoms with Crippen LogP contribution in [-0.4, -0.2) is 78.4 Å². The van der Waals surface area contributed by atoms with Crippen LogP contribution in [0.2, 0.25) is 0 Å². The van der Waals surface area contributed by atoms with Crippen LogP contribution >= 0.6 is 0 Å². The lowest BCUT2D eigenvalue weighted by atomic mass is 9.94. The molecule has 0 amide bonds. The van der Waals surface area contributed by atoms with Gasteiger partial charge in [0.2, 0.25) is 0 Å². The molecule has 6 atom stereocenters. The van der Waals surface area contributed by atoms with E-state index in [2.05, 4.69) is 0 Å². The van der Waals surface area contributed by atoms with Crippen LogP contribution in [-0.2, 0) is 52.4 Å². The Labute approximate surface area is 173 Å². The number of carbonyl (C=O) groups excluding carboxylic acids is 5. The van der Waals surface area contributed by atoms with Crippen molar-refractivity contribution >= 4 is 29.8 Å². The van der Waals surface area contributed by atoms with Crippen LogP contribution in [0.1, 0.15) is 41.4 Å². The molecule has 12 heteroatoms. The van der Waals surface area contributed by atoms with Crippen molar-refractivity contribution in [2.45, 2.75) is 71.3 Å². The number of hydrogen-bond acceptors (Lipinski definition) is 12. The minimum absolute atomic E-state index is 0.800. The summed E-state index contributed by atoms with van der Waals surface area (Å²) in [6, 6.07) is 0. The van der Waals surface area contributed by atoms with Crippen molar-refractivity contribution in [3.63, 3.8) is 0 Å². The molecule has 29 heavy (non-hydrogen) atoms. The van der Waals surface area contributed by atoms with Gasteiger partial charge in [-0.05, 0) is 0 Å². The van der Waals surface area contributed by atoms with E-state index in [4.69, 9.17) is 35.3 Å². The first-order chi connectivity index (χ1) is 16.1. The van der Waals surface area contributed by atoms with Gasteiger partial charge in [-0.25, -0.2) is 0 Å². The highest BCUT2D eigenvalue weighted by atomic mass is 16.7. The first-order valence-corrected chi connectivity index (χ1v) is 7.85. The zero-order valence-corrected chi connectivity index (χ0v) is 15.1. The summed E-state index contributed by atoms with van der Waals surface area (Å²) in [6.45, 7) is -5.28. The average Bonchev–Trinajstić information content (AvgIpc) is 2.84. The summed E-state index contributed by atoms with van der Waals surface area (Å²) in [7, 11) is 0. The first kappa shape index (κ1) is 17.2. The molecule has 1 saturated heterocycles. The molecule has 1 heterocycles. The van der Waals surface area contributed by atoms with Crippen molar-refractivity contribution in [3.8, 4) is 0 Å². The second-order valence-electron chi connectivity index (χ2n) is 5.57. The minimum Gasteiger partial charge on any atom is -0.462 e. The van der Waals surface area contributed by atoms with Crippen molar-refractivity contribution < 1.29 is 64.4 Å². The van der Waals surface area contributed by atoms with E-state index < -0.39 is 108 Å². The van der Waals surface area contributed by atoms with E-state index in [1.807, 2.05) is 0 Å². The topological polar surface area (TPSA) is 161 Å². The molecule has 0 spiro atoms. The Bertz CT molecular complexity index is 738. The van der Waals surface area contributed by atoms with Gasteiger partial charge in [0, 0.05) is 41.4 Å². The molecule has 12 nitrogen and oxygen atoms in total. The zero-order valence-electron chi connectivity index (χ0n) is 20.1. The molecule has 0 unspecified atom stereocenters. The molecule has 1 aliphatic heterocycles. The third-order valence-electron chi connectivity index (χ3n) is 3.41. The Morgan fingerprint density at radius 1 is 0.828 bits per heavy atom. The van der Waals surface area contributed by atoms with Gasteiger partial charge in [-0.3, -0.25) is 24.0 Å². The van der Waals surface area contributed by atoms with E-state index in [1.54, 1.807) is 0 Å². The molecule has 1 N–H and O–H groups in total. The van der Waals surface area contributed by atoms with E-state index in [-0.39, 0.29) is 0 Å². The van der Waals surface area contributed by atoms with E-state index in [1.165, 1.54) is 0 Å². The standard InChI is InChI=1S/C17H24O12/c1-7(18)24-6-12(25-8(2)19)13-14(26-9(3)20)15(27-10(4)21)16(17(23)29-13)28-11(5)22/h12-17,23H,6H2,1-5H3/t12-,13-,14-,15+,16+,17+/m1/s1/i1D,2D,3D,4D,5D. The molecule has 1 fully saturated rings. The number of hydrogen-bond donors (Lipinski definition) is 1. The number of aliphatic hydroxyl groups is 1. The van der Waals surface area contributed by atoms with Gasteiger partial charge >= 0.3 is 29.8 Å². The van der Waals surface area contributed by atoms with Crippen LogP contribution in [0.25, 0.3) is 0 Å². The third-order valence-corrected chi connectivity index (χ3v) is 3.41. The quantitative estimate of drug-likeness (QED) is 0.391. The summed E-state index contributed by atoms with van der Waals surface area (Å²) in [5.74, 6) is -5.82. The van der Waals surface area contributed by atoms with Gasteiger partial charge in [-0.2, -0.15) is 0 Å². The second kappa shape index (κ2) is 10.7. The summed E-state index contributed by atoms with van der Waals surface area (Å²) < 4.78 is 65.5. The van der Waals surface area contributed by atoms with Crippen molar-refractivity contribution in [2.24, 2.45) is 0 Å². The Kier molecular flexibility index (Phi) is 6.34. The van der Waals surface area contributed by atoms with Gasteiger partial charge in [-0.15, -0.1) is 0 Å². The Balaban J connectivity index is 3.45. The smallest absolute Gasteiger partial charge is 0.303 e. The molecule has 0 aromatic rings. The van der Waals surface area contributed by atoms with Crippen LogP contribution in [0.5, 0.6) is 0 Å². The van der Waals surface area contributed by atoms with Crippen molar-refractivity contribution in [3.05, 3.63) is 0 Å². The Morgan fingerprint density at radius 3 is 1.90 bits per heavy atom. The first-order valence-electron chi connectivity index (χ1n) is 11.4. The number of aliphatic hydroxyl groups excluding tert-OH is 1. The molecular formula is C17H24O12. The van der Waals surface area contributed by atoms with Crippen LogP contribution in [0.15, 0.2) is 0 Å². The number of rotatable bonds is 7. The Hall–Kier alpha value is -2.73. The molecule has 0 bridgehead atoms. The van der Waals surface area contributed by atoms with E-state index in [0.717, 1.165) is 0 Å². The SMILES string of the molecule is [2H]CC(=O)OC[C@@H](OC(=O)C[2H])[C@H]1O[C@H](O)[C@@H](OC(=O)C[2H])[C@@H](OC(=O)C[2H])[C@@H]1OC(=O)C[2H]. The highest BCUT2D eigenvalue weighted by Gasteiger charge is 2.54.